The number of carbonyl (C=O) groups is 1. The fourth-order valence-corrected chi connectivity index (χ4v) is 9.28. The molecule has 0 N–H and O–H groups in total. The van der Waals surface area contributed by atoms with Gasteiger partial charge >= 0.3 is 5.97 Å². The van der Waals surface area contributed by atoms with Crippen LogP contribution in [0.25, 0.3) is 0 Å². The van der Waals surface area contributed by atoms with Gasteiger partial charge in [-0.25, -0.2) is 4.79 Å². The van der Waals surface area contributed by atoms with Gasteiger partial charge in [0, 0.05) is 6.42 Å². The number of hydrogen-bond acceptors (Lipinski definition) is 3. The zero-order valence-electron chi connectivity index (χ0n) is 24.7. The summed E-state index contributed by atoms with van der Waals surface area (Å²) in [5.74, 6) is 5.24. The van der Waals surface area contributed by atoms with Gasteiger partial charge in [-0.05, 0) is 122 Å². The summed E-state index contributed by atoms with van der Waals surface area (Å²) < 4.78 is 11.2. The van der Waals surface area contributed by atoms with Gasteiger partial charge in [0.15, 0.2) is 0 Å². The fourth-order valence-electron chi connectivity index (χ4n) is 9.28. The second-order valence-electron chi connectivity index (χ2n) is 13.9. The third-order valence-electron chi connectivity index (χ3n) is 11.4. The number of benzene rings is 1. The topological polar surface area (TPSA) is 35.5 Å². The molecule has 4 aliphatic rings. The number of rotatable bonds is 7. The van der Waals surface area contributed by atoms with E-state index < -0.39 is 0 Å². The Hall–Kier alpha value is -2.03. The molecule has 3 nitrogen and oxygen atoms in total. The summed E-state index contributed by atoms with van der Waals surface area (Å²) >= 11 is 0. The van der Waals surface area contributed by atoms with Crippen LogP contribution < -0.4 is 4.74 Å². The molecule has 0 aliphatic heterocycles. The second-order valence-corrected chi connectivity index (χ2v) is 13.9. The lowest BCUT2D eigenvalue weighted by Gasteiger charge is -2.58. The van der Waals surface area contributed by atoms with Crippen LogP contribution in [0.15, 0.2) is 48.1 Å². The molecule has 3 fully saturated rings. The fraction of sp³-hybridized carbons (Fsp3) is 0.686. The molecule has 38 heavy (non-hydrogen) atoms. The van der Waals surface area contributed by atoms with E-state index in [4.69, 9.17) is 9.47 Å². The van der Waals surface area contributed by atoms with Crippen molar-refractivity contribution in [3.05, 3.63) is 53.6 Å². The van der Waals surface area contributed by atoms with E-state index in [0.29, 0.717) is 16.9 Å². The van der Waals surface area contributed by atoms with Gasteiger partial charge in [0.25, 0.3) is 0 Å². The molecule has 0 bridgehead atoms. The minimum absolute atomic E-state index is 0.0105. The van der Waals surface area contributed by atoms with Crippen molar-refractivity contribution in [3.8, 4) is 5.75 Å². The minimum Gasteiger partial charge on any atom is -0.497 e. The van der Waals surface area contributed by atoms with Gasteiger partial charge in [0.05, 0.1) is 12.7 Å². The second kappa shape index (κ2) is 10.9. The van der Waals surface area contributed by atoms with Crippen molar-refractivity contribution in [2.24, 2.45) is 46.3 Å². The average molecular weight is 519 g/mol. The summed E-state index contributed by atoms with van der Waals surface area (Å²) in [6, 6.07) is 7.25. The van der Waals surface area contributed by atoms with E-state index in [2.05, 4.69) is 52.8 Å². The molecular weight excluding hydrogens is 468 g/mol. The summed E-state index contributed by atoms with van der Waals surface area (Å²) in [5, 5.41) is 0. The van der Waals surface area contributed by atoms with Crippen molar-refractivity contribution < 1.29 is 14.3 Å². The normalized spacial score (nSPS) is 37.2. The van der Waals surface area contributed by atoms with Crippen molar-refractivity contribution in [1.82, 2.24) is 0 Å². The Balaban J connectivity index is 1.25. The molecule has 1 aromatic carbocycles. The van der Waals surface area contributed by atoms with Crippen LogP contribution in [0.2, 0.25) is 0 Å². The molecule has 208 valence electrons. The van der Waals surface area contributed by atoms with Crippen molar-refractivity contribution in [3.63, 3.8) is 0 Å². The molecule has 0 spiro atoms. The van der Waals surface area contributed by atoms with Crippen LogP contribution in [0, 0.1) is 46.3 Å². The molecule has 5 rings (SSSR count). The largest absolute Gasteiger partial charge is 0.497 e. The summed E-state index contributed by atoms with van der Waals surface area (Å²) in [7, 11) is 1.64. The Labute approximate surface area is 231 Å². The lowest BCUT2D eigenvalue weighted by molar-refractivity contribution is -0.0565. The first-order valence-electron chi connectivity index (χ1n) is 15.4. The van der Waals surface area contributed by atoms with Crippen LogP contribution in [0.4, 0.5) is 0 Å². The first-order chi connectivity index (χ1) is 18.2. The zero-order valence-corrected chi connectivity index (χ0v) is 24.7. The highest BCUT2D eigenvalue weighted by atomic mass is 16.5. The monoisotopic (exact) mass is 518 g/mol. The van der Waals surface area contributed by atoms with E-state index >= 15 is 0 Å². The van der Waals surface area contributed by atoms with Gasteiger partial charge in [-0.15, -0.1) is 0 Å². The molecule has 1 unspecified atom stereocenters. The minimum atomic E-state index is -0.211. The quantitative estimate of drug-likeness (QED) is 0.267. The standard InChI is InChI=1S/C35H50O3/c1-23(2)8-7-9-24(3)30-16-17-31-29-15-12-26-22-28(38-33(36)25-10-13-27(37-6)14-11-25)18-20-34(26,4)32(29)19-21-35(30,31)5/h7,9-14,23-24,28-32H,8,15-22H2,1-6H3/b9-7-/t24-,28+,29+,30-,31+,32?,34+,35-/m1/s1. The van der Waals surface area contributed by atoms with Gasteiger partial charge in [-0.3, -0.25) is 0 Å². The van der Waals surface area contributed by atoms with Crippen molar-refractivity contribution >= 4 is 5.97 Å². The highest BCUT2D eigenvalue weighted by Gasteiger charge is 2.59. The van der Waals surface area contributed by atoms with Crippen LogP contribution in [0.1, 0.15) is 103 Å². The number of carbonyl (C=O) groups excluding carboxylic acids is 1. The van der Waals surface area contributed by atoms with Crippen LogP contribution >= 0.6 is 0 Å². The highest BCUT2D eigenvalue weighted by Crippen LogP contribution is 2.67. The highest BCUT2D eigenvalue weighted by molar-refractivity contribution is 5.89. The average Bonchev–Trinajstić information content (AvgIpc) is 3.26. The van der Waals surface area contributed by atoms with Gasteiger partial charge < -0.3 is 9.47 Å². The summed E-state index contributed by atoms with van der Waals surface area (Å²) in [6.07, 6.45) is 18.6. The number of fused-ring (bicyclic) bond motifs is 5. The van der Waals surface area contributed by atoms with Crippen molar-refractivity contribution in [1.29, 1.82) is 0 Å². The van der Waals surface area contributed by atoms with E-state index in [0.717, 1.165) is 54.6 Å². The predicted molar refractivity (Wildman–Crippen MR) is 155 cm³/mol. The van der Waals surface area contributed by atoms with Crippen molar-refractivity contribution in [2.45, 2.75) is 98.5 Å². The van der Waals surface area contributed by atoms with E-state index in [1.165, 1.54) is 38.5 Å². The Kier molecular flexibility index (Phi) is 7.87. The molecule has 8 atom stereocenters. The third-order valence-corrected chi connectivity index (χ3v) is 11.4. The molecule has 3 heteroatoms. The van der Waals surface area contributed by atoms with Crippen LogP contribution in [0.5, 0.6) is 5.75 Å². The maximum Gasteiger partial charge on any atom is 0.338 e. The summed E-state index contributed by atoms with van der Waals surface area (Å²) in [6.45, 7) is 12.3. The van der Waals surface area contributed by atoms with E-state index in [1.807, 2.05) is 12.1 Å². The molecular formula is C35H50O3. The maximum absolute atomic E-state index is 12.8. The third kappa shape index (κ3) is 5.00. The molecule has 0 aromatic heterocycles. The van der Waals surface area contributed by atoms with Crippen LogP contribution in [-0.2, 0) is 4.74 Å². The molecule has 0 saturated heterocycles. The Morgan fingerprint density at radius 1 is 1.03 bits per heavy atom. The number of hydrogen-bond donors (Lipinski definition) is 0. The van der Waals surface area contributed by atoms with Gasteiger partial charge in [0.2, 0.25) is 0 Å². The first-order valence-corrected chi connectivity index (χ1v) is 15.4. The summed E-state index contributed by atoms with van der Waals surface area (Å²) in [4.78, 5) is 12.8. The number of esters is 1. The van der Waals surface area contributed by atoms with E-state index in [-0.39, 0.29) is 17.5 Å². The number of allylic oxidation sites excluding steroid dienone is 3. The molecule has 0 radical (unpaired) electrons. The lowest BCUT2D eigenvalue weighted by Crippen LogP contribution is -2.51. The van der Waals surface area contributed by atoms with E-state index in [1.54, 1.807) is 24.8 Å². The first kappa shape index (κ1) is 27.5. The van der Waals surface area contributed by atoms with Gasteiger partial charge in [-0.2, -0.15) is 0 Å². The molecule has 3 saturated carbocycles. The smallest absolute Gasteiger partial charge is 0.338 e. The summed E-state index contributed by atoms with van der Waals surface area (Å²) in [5.41, 5.74) is 2.93. The van der Waals surface area contributed by atoms with Gasteiger partial charge in [0.1, 0.15) is 11.9 Å². The zero-order chi connectivity index (χ0) is 27.1. The molecule has 1 aromatic rings. The predicted octanol–water partition coefficient (Wildman–Crippen LogP) is 9.04. The Bertz CT molecular complexity index is 1050. The maximum atomic E-state index is 12.8. The molecule has 0 heterocycles. The Morgan fingerprint density at radius 3 is 2.50 bits per heavy atom. The SMILES string of the molecule is COc1ccc(C(=O)O[C@H]2CC[C@@]3(C)C(=CC[C@@H]4C3CC[C@]3(C)[C@@H]([C@H](C)/C=C\CC(C)C)CC[C@@H]43)C2)cc1. The molecule has 0 amide bonds. The number of ether oxygens (including phenoxy) is 2. The van der Waals surface area contributed by atoms with Gasteiger partial charge in [-0.1, -0.05) is 58.4 Å². The number of methoxy groups -OCH3 is 1. The van der Waals surface area contributed by atoms with Crippen molar-refractivity contribution in [2.75, 3.05) is 7.11 Å². The van der Waals surface area contributed by atoms with E-state index in [9.17, 15) is 4.79 Å². The Morgan fingerprint density at radius 2 is 1.79 bits per heavy atom. The van der Waals surface area contributed by atoms with Crippen LogP contribution in [-0.4, -0.2) is 19.2 Å². The van der Waals surface area contributed by atoms with Crippen LogP contribution in [0.3, 0.4) is 0 Å². The lowest BCUT2D eigenvalue weighted by atomic mass is 9.47. The molecule has 4 aliphatic carbocycles.